The van der Waals surface area contributed by atoms with Crippen LogP contribution in [-0.4, -0.2) is 56.9 Å². The number of urea groups is 1. The van der Waals surface area contributed by atoms with Crippen molar-refractivity contribution in [3.05, 3.63) is 66.4 Å². The molecular formula is C30H45N3O3. The first-order chi connectivity index (χ1) is 16.8. The minimum absolute atomic E-state index is 0.0572. The van der Waals surface area contributed by atoms with Crippen LogP contribution in [0.25, 0.3) is 0 Å². The van der Waals surface area contributed by atoms with E-state index < -0.39 is 11.1 Å². The number of likely N-dealkylation sites (tertiary alicyclic amines) is 1. The molecule has 6 heteroatoms. The smallest absolute Gasteiger partial charge is 0.332 e. The summed E-state index contributed by atoms with van der Waals surface area (Å²) in [6.45, 7) is 24.9. The molecule has 198 valence electrons. The summed E-state index contributed by atoms with van der Waals surface area (Å²) in [6, 6.07) is 8.01. The van der Waals surface area contributed by atoms with Gasteiger partial charge in [0.05, 0.1) is 6.10 Å². The first kappa shape index (κ1) is 29.4. The van der Waals surface area contributed by atoms with E-state index in [0.29, 0.717) is 12.8 Å². The number of piperidine rings is 1. The molecule has 2 saturated heterocycles. The number of nitrogens with zero attached hydrogens (tertiary/aromatic N) is 3. The van der Waals surface area contributed by atoms with Gasteiger partial charge >= 0.3 is 6.03 Å². The molecule has 1 aromatic rings. The summed E-state index contributed by atoms with van der Waals surface area (Å²) in [7, 11) is 0. The number of imide groups is 1. The van der Waals surface area contributed by atoms with Crippen LogP contribution in [0.15, 0.2) is 60.8 Å². The highest BCUT2D eigenvalue weighted by molar-refractivity contribution is 6.08. The van der Waals surface area contributed by atoms with E-state index in [2.05, 4.69) is 30.2 Å². The van der Waals surface area contributed by atoms with Crippen LogP contribution in [0.5, 0.6) is 5.75 Å². The summed E-state index contributed by atoms with van der Waals surface area (Å²) in [4.78, 5) is 32.5. The molecule has 3 amide bonds. The van der Waals surface area contributed by atoms with Gasteiger partial charge in [-0.3, -0.25) is 19.5 Å². The highest BCUT2D eigenvalue weighted by Crippen LogP contribution is 2.42. The summed E-state index contributed by atoms with van der Waals surface area (Å²) in [5.41, 5.74) is 1.74. The summed E-state index contributed by atoms with van der Waals surface area (Å²) >= 11 is 0. The van der Waals surface area contributed by atoms with Gasteiger partial charge in [0.1, 0.15) is 11.3 Å². The Morgan fingerprint density at radius 2 is 1.75 bits per heavy atom. The topological polar surface area (TPSA) is 53.1 Å². The molecule has 36 heavy (non-hydrogen) atoms. The van der Waals surface area contributed by atoms with Crippen molar-refractivity contribution in [3.63, 3.8) is 0 Å². The molecule has 0 aliphatic carbocycles. The first-order valence-electron chi connectivity index (χ1n) is 12.8. The van der Waals surface area contributed by atoms with Gasteiger partial charge in [-0.15, -0.1) is 0 Å². The van der Waals surface area contributed by atoms with Gasteiger partial charge in [0, 0.05) is 30.9 Å². The van der Waals surface area contributed by atoms with Crippen LogP contribution >= 0.6 is 0 Å². The van der Waals surface area contributed by atoms with Gasteiger partial charge in [0.15, 0.2) is 0 Å². The largest absolute Gasteiger partial charge is 0.491 e. The highest BCUT2D eigenvalue weighted by Gasteiger charge is 2.60. The molecule has 0 N–H and O–H groups in total. The molecule has 0 atom stereocenters. The number of hydrogen-bond donors (Lipinski definition) is 0. The van der Waals surface area contributed by atoms with E-state index in [1.807, 2.05) is 73.6 Å². The number of ether oxygens (including phenoxy) is 1. The number of amides is 3. The third-order valence-corrected chi connectivity index (χ3v) is 6.56. The Hall–Kier alpha value is -2.86. The maximum absolute atomic E-state index is 13.6. The van der Waals surface area contributed by atoms with Crippen molar-refractivity contribution in [3.8, 4) is 5.75 Å². The average Bonchev–Trinajstić information content (AvgIpc) is 3.01. The number of allylic oxidation sites excluding steroid dienone is 4. The van der Waals surface area contributed by atoms with Crippen LogP contribution in [0.3, 0.4) is 0 Å². The third-order valence-electron chi connectivity index (χ3n) is 6.56. The Morgan fingerprint density at radius 1 is 1.17 bits per heavy atom. The molecule has 2 heterocycles. The lowest BCUT2D eigenvalue weighted by molar-refractivity contribution is -0.138. The second kappa shape index (κ2) is 11.9. The Labute approximate surface area is 218 Å². The Bertz CT molecular complexity index is 995. The summed E-state index contributed by atoms with van der Waals surface area (Å²) in [5.74, 6) is 0.825. The van der Waals surface area contributed by atoms with Crippen LogP contribution in [0.4, 0.5) is 4.79 Å². The Kier molecular flexibility index (Phi) is 9.72. The summed E-state index contributed by atoms with van der Waals surface area (Å²) in [5, 5.41) is 0. The maximum atomic E-state index is 13.6. The zero-order valence-corrected chi connectivity index (χ0v) is 23.6. The molecule has 0 unspecified atom stereocenters. The molecule has 2 aliphatic rings. The van der Waals surface area contributed by atoms with E-state index in [1.165, 1.54) is 10.5 Å². The standard InChI is InChI=1S/C25H37N3O3.C5H8/c1-8-19(4)27-23(30)28(24(5,6)7)22(29)25(27)12-14-26(15-13-25)17-20-10-9-11-21(16-20)31-18(2)3;1-4-5(2)3/h8-11,16,18H,12-15,17H2,1-7H3;4H,1-2H2,3H3/b19-8+;. The van der Waals surface area contributed by atoms with Gasteiger partial charge in [-0.25, -0.2) is 4.79 Å². The fourth-order valence-corrected chi connectivity index (χ4v) is 4.65. The monoisotopic (exact) mass is 495 g/mol. The van der Waals surface area contributed by atoms with Gasteiger partial charge in [0.25, 0.3) is 5.91 Å². The number of hydrogen-bond acceptors (Lipinski definition) is 4. The van der Waals surface area contributed by atoms with Gasteiger partial charge in [-0.2, -0.15) is 0 Å². The lowest BCUT2D eigenvalue weighted by Crippen LogP contribution is -2.56. The van der Waals surface area contributed by atoms with E-state index in [4.69, 9.17) is 4.74 Å². The van der Waals surface area contributed by atoms with Crippen molar-refractivity contribution < 1.29 is 14.3 Å². The van der Waals surface area contributed by atoms with Crippen LogP contribution in [-0.2, 0) is 11.3 Å². The minimum atomic E-state index is -0.778. The van der Waals surface area contributed by atoms with Crippen LogP contribution in [0.1, 0.15) is 73.8 Å². The lowest BCUT2D eigenvalue weighted by Gasteiger charge is -2.42. The summed E-state index contributed by atoms with van der Waals surface area (Å²) < 4.78 is 5.82. The minimum Gasteiger partial charge on any atom is -0.491 e. The quantitative estimate of drug-likeness (QED) is 0.332. The molecule has 0 radical (unpaired) electrons. The van der Waals surface area contributed by atoms with Crippen molar-refractivity contribution in [2.75, 3.05) is 13.1 Å². The second-order valence-electron chi connectivity index (χ2n) is 11.0. The fraction of sp³-hybridized carbons (Fsp3) is 0.533. The van der Waals surface area contributed by atoms with Gasteiger partial charge in [0.2, 0.25) is 0 Å². The molecule has 1 aromatic carbocycles. The highest BCUT2D eigenvalue weighted by atomic mass is 16.5. The van der Waals surface area contributed by atoms with Crippen LogP contribution in [0, 0.1) is 0 Å². The van der Waals surface area contributed by atoms with Crippen LogP contribution < -0.4 is 4.74 Å². The Morgan fingerprint density at radius 3 is 2.22 bits per heavy atom. The van der Waals surface area contributed by atoms with Crippen molar-refractivity contribution in [1.82, 2.24) is 14.7 Å². The zero-order valence-electron chi connectivity index (χ0n) is 23.6. The van der Waals surface area contributed by atoms with Gasteiger partial charge in [-0.05, 0) is 85.9 Å². The molecule has 1 spiro atoms. The van der Waals surface area contributed by atoms with E-state index >= 15 is 0 Å². The number of rotatable bonds is 6. The maximum Gasteiger partial charge on any atom is 0.332 e. The second-order valence-corrected chi connectivity index (χ2v) is 11.0. The molecule has 0 bridgehead atoms. The number of carbonyl (C=O) groups is 2. The number of benzene rings is 1. The van der Waals surface area contributed by atoms with E-state index in [-0.39, 0.29) is 18.0 Å². The molecule has 6 nitrogen and oxygen atoms in total. The molecule has 3 rings (SSSR count). The molecule has 0 aromatic heterocycles. The summed E-state index contributed by atoms with van der Waals surface area (Å²) in [6.07, 6.45) is 5.06. The Balaban J connectivity index is 0.000000830. The predicted octanol–water partition coefficient (Wildman–Crippen LogP) is 6.54. The molecular weight excluding hydrogens is 450 g/mol. The predicted molar refractivity (Wildman–Crippen MR) is 148 cm³/mol. The van der Waals surface area contributed by atoms with Crippen molar-refractivity contribution in [1.29, 1.82) is 0 Å². The van der Waals surface area contributed by atoms with Crippen LogP contribution in [0.2, 0.25) is 0 Å². The molecule has 0 saturated carbocycles. The average molecular weight is 496 g/mol. The van der Waals surface area contributed by atoms with E-state index in [1.54, 1.807) is 11.0 Å². The van der Waals surface area contributed by atoms with Gasteiger partial charge in [-0.1, -0.05) is 43.0 Å². The zero-order chi connectivity index (χ0) is 27.3. The fourth-order valence-electron chi connectivity index (χ4n) is 4.65. The van der Waals surface area contributed by atoms with Crippen molar-refractivity contribution in [2.45, 2.75) is 92.0 Å². The molecule has 2 aliphatic heterocycles. The third kappa shape index (κ3) is 6.67. The molecule has 2 fully saturated rings. The van der Waals surface area contributed by atoms with Crippen molar-refractivity contribution >= 4 is 11.9 Å². The van der Waals surface area contributed by atoms with Gasteiger partial charge < -0.3 is 4.74 Å². The van der Waals surface area contributed by atoms with E-state index in [9.17, 15) is 9.59 Å². The normalized spacial score (nSPS) is 18.4. The lowest BCUT2D eigenvalue weighted by atomic mass is 9.84. The number of carbonyl (C=O) groups excluding carboxylic acids is 2. The SMILES string of the molecule is C/C=C(\C)N1C(=O)N(C(C)(C)C)C(=O)C12CCN(Cc1cccc(OC(C)C)c1)CC2.C=CC(=C)C. The first-order valence-corrected chi connectivity index (χ1v) is 12.8. The van der Waals surface area contributed by atoms with Crippen molar-refractivity contribution in [2.24, 2.45) is 0 Å². The van der Waals surface area contributed by atoms with E-state index in [0.717, 1.165) is 36.7 Å².